The van der Waals surface area contributed by atoms with Crippen molar-refractivity contribution in [1.82, 2.24) is 9.47 Å². The predicted molar refractivity (Wildman–Crippen MR) is 133 cm³/mol. The fourth-order valence-corrected chi connectivity index (χ4v) is 3.58. The number of likely N-dealkylation sites (N-methyl/N-ethyl adjacent to an activating group) is 1. The number of amides is 1. The number of anilines is 1. The molecular formula is C27H32N4O. The Morgan fingerprint density at radius 2 is 1.84 bits per heavy atom. The van der Waals surface area contributed by atoms with Gasteiger partial charge in [0.15, 0.2) is 0 Å². The van der Waals surface area contributed by atoms with Crippen molar-refractivity contribution < 1.29 is 4.79 Å². The van der Waals surface area contributed by atoms with Gasteiger partial charge < -0.3 is 14.8 Å². The summed E-state index contributed by atoms with van der Waals surface area (Å²) in [5.74, 6) is -0.140. The third kappa shape index (κ3) is 5.46. The molecule has 0 saturated carbocycles. The third-order valence-electron chi connectivity index (χ3n) is 5.57. The number of hydrogen-bond donors (Lipinski definition) is 1. The first-order valence-electron chi connectivity index (χ1n) is 10.9. The van der Waals surface area contributed by atoms with Gasteiger partial charge in [0.2, 0.25) is 0 Å². The van der Waals surface area contributed by atoms with E-state index in [1.807, 2.05) is 57.4 Å². The SMILES string of the molecule is C/C(=C\c1cn(CCN(C)C)c2ccc(C#N)cc12)C(=O)Nc1ccc(C(C)(C)C)cc1. The van der Waals surface area contributed by atoms with Gasteiger partial charge in [0.1, 0.15) is 0 Å². The van der Waals surface area contributed by atoms with E-state index < -0.39 is 0 Å². The molecule has 0 radical (unpaired) electrons. The number of rotatable bonds is 6. The number of aromatic nitrogens is 1. The average Bonchev–Trinajstić information content (AvgIpc) is 3.08. The van der Waals surface area contributed by atoms with Gasteiger partial charge in [-0.05, 0) is 68.4 Å². The van der Waals surface area contributed by atoms with Gasteiger partial charge in [0.25, 0.3) is 5.91 Å². The molecule has 0 saturated heterocycles. The van der Waals surface area contributed by atoms with E-state index in [1.165, 1.54) is 5.56 Å². The van der Waals surface area contributed by atoms with Crippen molar-refractivity contribution in [2.45, 2.75) is 39.7 Å². The summed E-state index contributed by atoms with van der Waals surface area (Å²) in [7, 11) is 4.09. The number of hydrogen-bond acceptors (Lipinski definition) is 3. The molecule has 2 aromatic carbocycles. The van der Waals surface area contributed by atoms with Gasteiger partial charge in [-0.3, -0.25) is 4.79 Å². The number of nitrogens with zero attached hydrogens (tertiary/aromatic N) is 3. The van der Waals surface area contributed by atoms with Crippen LogP contribution in [0.15, 0.2) is 54.2 Å². The van der Waals surface area contributed by atoms with E-state index in [2.05, 4.69) is 60.0 Å². The number of nitrogens with one attached hydrogen (secondary N) is 1. The molecule has 166 valence electrons. The summed E-state index contributed by atoms with van der Waals surface area (Å²) in [5, 5.41) is 13.3. The number of carbonyl (C=O) groups excluding carboxylic acids is 1. The lowest BCUT2D eigenvalue weighted by molar-refractivity contribution is -0.112. The number of benzene rings is 2. The van der Waals surface area contributed by atoms with Crippen molar-refractivity contribution in [2.75, 3.05) is 26.0 Å². The van der Waals surface area contributed by atoms with E-state index in [4.69, 9.17) is 0 Å². The van der Waals surface area contributed by atoms with E-state index in [1.54, 1.807) is 0 Å². The summed E-state index contributed by atoms with van der Waals surface area (Å²) in [6.45, 7) is 10.0. The standard InChI is InChI=1S/C27H32N4O/c1-19(26(32)29-23-10-8-22(9-11-23)27(2,3)4)15-21-18-31(14-13-30(5)6)25-12-7-20(17-28)16-24(21)25/h7-12,15-16,18H,13-14H2,1-6H3,(H,29,32)/b19-15+. The van der Waals surface area contributed by atoms with E-state index in [-0.39, 0.29) is 11.3 Å². The van der Waals surface area contributed by atoms with Gasteiger partial charge in [-0.15, -0.1) is 0 Å². The summed E-state index contributed by atoms with van der Waals surface area (Å²) in [4.78, 5) is 15.0. The van der Waals surface area contributed by atoms with Gasteiger partial charge in [0, 0.05) is 47.0 Å². The zero-order chi connectivity index (χ0) is 23.5. The zero-order valence-electron chi connectivity index (χ0n) is 19.9. The molecule has 32 heavy (non-hydrogen) atoms. The molecule has 5 heteroatoms. The van der Waals surface area contributed by atoms with Gasteiger partial charge in [-0.25, -0.2) is 0 Å². The Balaban J connectivity index is 1.88. The highest BCUT2D eigenvalue weighted by atomic mass is 16.1. The molecule has 0 aliphatic carbocycles. The highest BCUT2D eigenvalue weighted by Gasteiger charge is 2.14. The van der Waals surface area contributed by atoms with Crippen LogP contribution in [-0.4, -0.2) is 36.0 Å². The number of carbonyl (C=O) groups is 1. The van der Waals surface area contributed by atoms with Crippen LogP contribution in [0, 0.1) is 11.3 Å². The fraction of sp³-hybridized carbons (Fsp3) is 0.333. The lowest BCUT2D eigenvalue weighted by Gasteiger charge is -2.19. The molecule has 0 atom stereocenters. The summed E-state index contributed by atoms with van der Waals surface area (Å²) < 4.78 is 2.18. The molecule has 1 aromatic heterocycles. The first-order chi connectivity index (χ1) is 15.1. The minimum Gasteiger partial charge on any atom is -0.346 e. The lowest BCUT2D eigenvalue weighted by atomic mass is 9.87. The van der Waals surface area contributed by atoms with Crippen LogP contribution in [0.2, 0.25) is 0 Å². The second-order valence-corrected chi connectivity index (χ2v) is 9.53. The molecule has 3 rings (SSSR count). The smallest absolute Gasteiger partial charge is 0.251 e. The van der Waals surface area contributed by atoms with Crippen LogP contribution >= 0.6 is 0 Å². The highest BCUT2D eigenvalue weighted by molar-refractivity contribution is 6.07. The molecule has 0 aliphatic heterocycles. The first-order valence-corrected chi connectivity index (χ1v) is 10.9. The summed E-state index contributed by atoms with van der Waals surface area (Å²) in [5.41, 5.74) is 5.28. The third-order valence-corrected chi connectivity index (χ3v) is 5.57. The Hall–Kier alpha value is -3.36. The Morgan fingerprint density at radius 3 is 2.44 bits per heavy atom. The normalized spacial score (nSPS) is 12.2. The first kappa shape index (κ1) is 23.3. The van der Waals surface area contributed by atoms with Crippen molar-refractivity contribution in [3.05, 3.63) is 70.9 Å². The lowest BCUT2D eigenvalue weighted by Crippen LogP contribution is -2.17. The van der Waals surface area contributed by atoms with Crippen molar-refractivity contribution in [1.29, 1.82) is 5.26 Å². The van der Waals surface area contributed by atoms with Crippen molar-refractivity contribution in [3.8, 4) is 6.07 Å². The van der Waals surface area contributed by atoms with Crippen molar-refractivity contribution in [3.63, 3.8) is 0 Å². The molecule has 0 aliphatic rings. The van der Waals surface area contributed by atoms with Crippen LogP contribution < -0.4 is 5.32 Å². The van der Waals surface area contributed by atoms with Gasteiger partial charge in [0.05, 0.1) is 11.6 Å². The van der Waals surface area contributed by atoms with Crippen LogP contribution in [0.25, 0.3) is 17.0 Å². The second-order valence-electron chi connectivity index (χ2n) is 9.53. The highest BCUT2D eigenvalue weighted by Crippen LogP contribution is 2.26. The van der Waals surface area contributed by atoms with Crippen LogP contribution in [0.3, 0.4) is 0 Å². The Bertz CT molecular complexity index is 1190. The molecule has 1 heterocycles. The maximum atomic E-state index is 12.8. The minimum absolute atomic E-state index is 0.0709. The largest absolute Gasteiger partial charge is 0.346 e. The van der Waals surface area contributed by atoms with Gasteiger partial charge >= 0.3 is 0 Å². The minimum atomic E-state index is -0.140. The van der Waals surface area contributed by atoms with Crippen LogP contribution in [0.4, 0.5) is 5.69 Å². The van der Waals surface area contributed by atoms with Gasteiger partial charge in [-0.1, -0.05) is 32.9 Å². The Labute approximate surface area is 191 Å². The zero-order valence-corrected chi connectivity index (χ0v) is 19.9. The molecule has 5 nitrogen and oxygen atoms in total. The monoisotopic (exact) mass is 428 g/mol. The summed E-state index contributed by atoms with van der Waals surface area (Å²) in [6.07, 6.45) is 3.96. The average molecular weight is 429 g/mol. The molecule has 3 aromatic rings. The molecule has 0 bridgehead atoms. The second kappa shape index (κ2) is 9.42. The molecule has 1 amide bonds. The van der Waals surface area contributed by atoms with Crippen LogP contribution in [0.5, 0.6) is 0 Å². The Morgan fingerprint density at radius 1 is 1.16 bits per heavy atom. The maximum Gasteiger partial charge on any atom is 0.251 e. The van der Waals surface area contributed by atoms with E-state index in [9.17, 15) is 10.1 Å². The molecule has 0 unspecified atom stereocenters. The Kier molecular flexibility index (Phi) is 6.86. The predicted octanol–water partition coefficient (Wildman–Crippen LogP) is 5.41. The number of fused-ring (bicyclic) bond motifs is 1. The van der Waals surface area contributed by atoms with Crippen LogP contribution in [0.1, 0.15) is 44.4 Å². The molecular weight excluding hydrogens is 396 g/mol. The quantitative estimate of drug-likeness (QED) is 0.534. The molecule has 1 N–H and O–H groups in total. The fourth-order valence-electron chi connectivity index (χ4n) is 3.58. The van der Waals surface area contributed by atoms with Crippen LogP contribution in [-0.2, 0) is 16.8 Å². The van der Waals surface area contributed by atoms with Gasteiger partial charge in [-0.2, -0.15) is 5.26 Å². The van der Waals surface area contributed by atoms with E-state index in [0.29, 0.717) is 11.1 Å². The van der Waals surface area contributed by atoms with E-state index >= 15 is 0 Å². The molecule has 0 fully saturated rings. The van der Waals surface area contributed by atoms with Crippen molar-refractivity contribution >= 4 is 28.6 Å². The molecule has 0 spiro atoms. The maximum absolute atomic E-state index is 12.8. The summed E-state index contributed by atoms with van der Waals surface area (Å²) >= 11 is 0. The number of nitriles is 1. The topological polar surface area (TPSA) is 61.1 Å². The van der Waals surface area contributed by atoms with Crippen molar-refractivity contribution in [2.24, 2.45) is 0 Å². The summed E-state index contributed by atoms with van der Waals surface area (Å²) in [6, 6.07) is 15.9. The van der Waals surface area contributed by atoms with E-state index in [0.717, 1.165) is 35.2 Å².